The number of nitrogens with one attached hydrogen (secondary N) is 1. The summed E-state index contributed by atoms with van der Waals surface area (Å²) >= 11 is 5.04. The zero-order valence-corrected chi connectivity index (χ0v) is 12.5. The van der Waals surface area contributed by atoms with E-state index in [0.29, 0.717) is 12.8 Å². The molecule has 1 aromatic rings. The van der Waals surface area contributed by atoms with Gasteiger partial charge in [0, 0.05) is 11.3 Å². The zero-order chi connectivity index (χ0) is 13.5. The van der Waals surface area contributed by atoms with Crippen LogP contribution in [-0.2, 0) is 16.0 Å². The Bertz CT molecular complexity index is 419. The molecule has 18 heavy (non-hydrogen) atoms. The highest BCUT2D eigenvalue weighted by molar-refractivity contribution is 9.11. The van der Waals surface area contributed by atoms with Gasteiger partial charge >= 0.3 is 5.97 Å². The molecule has 0 spiro atoms. The summed E-state index contributed by atoms with van der Waals surface area (Å²) in [6.45, 7) is 1.74. The van der Waals surface area contributed by atoms with Crippen LogP contribution in [-0.4, -0.2) is 23.0 Å². The predicted octanol–water partition coefficient (Wildman–Crippen LogP) is 2.81. The van der Waals surface area contributed by atoms with Gasteiger partial charge in [0.25, 0.3) is 0 Å². The number of hydrogen-bond acceptors (Lipinski definition) is 3. The first-order valence-electron chi connectivity index (χ1n) is 5.79. The first kappa shape index (κ1) is 15.2. The monoisotopic (exact) mass is 333 g/mol. The molecule has 0 saturated carbocycles. The number of carboxylic acid groups (broad SMARTS) is 1. The second-order valence-electron chi connectivity index (χ2n) is 3.93. The Kier molecular flexibility index (Phi) is 6.35. The van der Waals surface area contributed by atoms with Crippen molar-refractivity contribution in [1.82, 2.24) is 5.32 Å². The normalized spacial score (nSPS) is 12.1. The van der Waals surface area contributed by atoms with E-state index in [4.69, 9.17) is 5.11 Å². The van der Waals surface area contributed by atoms with E-state index >= 15 is 0 Å². The molecule has 1 rings (SSSR count). The molecule has 1 atom stereocenters. The Balaban J connectivity index is 2.26. The van der Waals surface area contributed by atoms with E-state index in [1.807, 2.05) is 12.1 Å². The van der Waals surface area contributed by atoms with E-state index < -0.39 is 12.0 Å². The maximum Gasteiger partial charge on any atom is 0.326 e. The van der Waals surface area contributed by atoms with Crippen LogP contribution in [0, 0.1) is 0 Å². The number of hydrogen-bond donors (Lipinski definition) is 2. The van der Waals surface area contributed by atoms with Gasteiger partial charge in [0.05, 0.1) is 3.79 Å². The second-order valence-corrected chi connectivity index (χ2v) is 6.47. The lowest BCUT2D eigenvalue weighted by Gasteiger charge is -2.11. The smallest absolute Gasteiger partial charge is 0.326 e. The average molecular weight is 334 g/mol. The number of rotatable bonds is 7. The molecular weight excluding hydrogens is 318 g/mol. The number of aryl methyl sites for hydroxylation is 1. The minimum atomic E-state index is -0.979. The van der Waals surface area contributed by atoms with Crippen molar-refractivity contribution in [3.8, 4) is 0 Å². The van der Waals surface area contributed by atoms with Crippen LogP contribution in [0.3, 0.4) is 0 Å². The van der Waals surface area contributed by atoms with Gasteiger partial charge in [-0.3, -0.25) is 4.79 Å². The van der Waals surface area contributed by atoms with Gasteiger partial charge in [-0.1, -0.05) is 6.92 Å². The number of carbonyl (C=O) groups is 2. The predicted molar refractivity (Wildman–Crippen MR) is 74.8 cm³/mol. The summed E-state index contributed by atoms with van der Waals surface area (Å²) in [4.78, 5) is 23.5. The molecule has 2 N–H and O–H groups in total. The second kappa shape index (κ2) is 7.53. The lowest BCUT2D eigenvalue weighted by atomic mass is 10.2. The standard InChI is InChI=1S/C12H16BrNO3S/c1-2-9(12(16)17)14-11(15)5-3-4-8-6-7-10(13)18-8/h6-7,9H,2-5H2,1H3,(H,14,15)(H,16,17). The van der Waals surface area contributed by atoms with Gasteiger partial charge in [-0.15, -0.1) is 11.3 Å². The van der Waals surface area contributed by atoms with Crippen LogP contribution in [0.5, 0.6) is 0 Å². The molecular formula is C12H16BrNO3S. The van der Waals surface area contributed by atoms with Gasteiger partial charge < -0.3 is 10.4 Å². The Morgan fingerprint density at radius 3 is 2.72 bits per heavy atom. The Morgan fingerprint density at radius 1 is 1.50 bits per heavy atom. The maximum absolute atomic E-state index is 11.5. The molecule has 0 fully saturated rings. The molecule has 4 nitrogen and oxygen atoms in total. The van der Waals surface area contributed by atoms with Crippen molar-refractivity contribution in [3.63, 3.8) is 0 Å². The van der Waals surface area contributed by atoms with Gasteiger partial charge in [-0.25, -0.2) is 4.79 Å². The van der Waals surface area contributed by atoms with Crippen molar-refractivity contribution >= 4 is 39.1 Å². The largest absolute Gasteiger partial charge is 0.480 e. The van der Waals surface area contributed by atoms with E-state index in [1.54, 1.807) is 18.3 Å². The van der Waals surface area contributed by atoms with Crippen molar-refractivity contribution in [3.05, 3.63) is 20.8 Å². The third-order valence-corrected chi connectivity index (χ3v) is 4.18. The number of thiophene rings is 1. The molecule has 1 amide bonds. The number of carbonyl (C=O) groups excluding carboxylic acids is 1. The topological polar surface area (TPSA) is 66.4 Å². The van der Waals surface area contributed by atoms with Crippen LogP contribution in [0.4, 0.5) is 0 Å². The molecule has 0 bridgehead atoms. The highest BCUT2D eigenvalue weighted by Gasteiger charge is 2.16. The molecule has 0 saturated heterocycles. The van der Waals surface area contributed by atoms with E-state index in [0.717, 1.165) is 16.6 Å². The van der Waals surface area contributed by atoms with Crippen LogP contribution in [0.2, 0.25) is 0 Å². The Hall–Kier alpha value is -0.880. The van der Waals surface area contributed by atoms with E-state index in [1.165, 1.54) is 4.88 Å². The molecule has 0 radical (unpaired) electrons. The van der Waals surface area contributed by atoms with Crippen molar-refractivity contribution in [2.24, 2.45) is 0 Å². The van der Waals surface area contributed by atoms with Crippen molar-refractivity contribution in [1.29, 1.82) is 0 Å². The van der Waals surface area contributed by atoms with Crippen molar-refractivity contribution in [2.45, 2.75) is 38.6 Å². The number of halogens is 1. The summed E-state index contributed by atoms with van der Waals surface area (Å²) in [5, 5.41) is 11.3. The fourth-order valence-corrected chi connectivity index (χ4v) is 3.04. The van der Waals surface area contributed by atoms with Crippen LogP contribution in [0.15, 0.2) is 15.9 Å². The van der Waals surface area contributed by atoms with Gasteiger partial charge in [0.1, 0.15) is 6.04 Å². The molecule has 0 aliphatic heterocycles. The molecule has 0 aliphatic rings. The van der Waals surface area contributed by atoms with Gasteiger partial charge in [-0.05, 0) is 47.3 Å². The first-order valence-corrected chi connectivity index (χ1v) is 7.40. The fourth-order valence-electron chi connectivity index (χ4n) is 1.51. The molecule has 1 heterocycles. The van der Waals surface area contributed by atoms with Gasteiger partial charge in [0.2, 0.25) is 5.91 Å². The summed E-state index contributed by atoms with van der Waals surface area (Å²) < 4.78 is 1.08. The third kappa shape index (κ3) is 5.18. The van der Waals surface area contributed by atoms with Crippen LogP contribution in [0.25, 0.3) is 0 Å². The van der Waals surface area contributed by atoms with Crippen LogP contribution in [0.1, 0.15) is 31.1 Å². The Labute approximate surface area is 119 Å². The summed E-state index contributed by atoms with van der Waals surface area (Å²) in [7, 11) is 0. The SMILES string of the molecule is CCC(NC(=O)CCCc1ccc(Br)s1)C(=O)O. The van der Waals surface area contributed by atoms with Crippen LogP contribution < -0.4 is 5.32 Å². The molecule has 100 valence electrons. The summed E-state index contributed by atoms with van der Waals surface area (Å²) in [6.07, 6.45) is 2.33. The number of amides is 1. The van der Waals surface area contributed by atoms with Crippen molar-refractivity contribution < 1.29 is 14.7 Å². The number of carboxylic acids is 1. The van der Waals surface area contributed by atoms with Gasteiger partial charge in [-0.2, -0.15) is 0 Å². The third-order valence-electron chi connectivity index (χ3n) is 2.50. The zero-order valence-electron chi connectivity index (χ0n) is 10.1. The Morgan fingerprint density at radius 2 is 2.22 bits per heavy atom. The maximum atomic E-state index is 11.5. The summed E-state index contributed by atoms with van der Waals surface area (Å²) in [5.74, 6) is -1.17. The quantitative estimate of drug-likeness (QED) is 0.806. The van der Waals surface area contributed by atoms with Gasteiger partial charge in [0.15, 0.2) is 0 Å². The minimum absolute atomic E-state index is 0.195. The molecule has 1 unspecified atom stereocenters. The lowest BCUT2D eigenvalue weighted by Crippen LogP contribution is -2.40. The van der Waals surface area contributed by atoms with E-state index in [9.17, 15) is 9.59 Å². The number of aliphatic carboxylic acids is 1. The minimum Gasteiger partial charge on any atom is -0.480 e. The highest BCUT2D eigenvalue weighted by Crippen LogP contribution is 2.23. The molecule has 0 aromatic carbocycles. The fraction of sp³-hybridized carbons (Fsp3) is 0.500. The molecule has 1 aromatic heterocycles. The van der Waals surface area contributed by atoms with E-state index in [2.05, 4.69) is 21.2 Å². The molecule has 0 aliphatic carbocycles. The average Bonchev–Trinajstić information content (AvgIpc) is 2.71. The summed E-state index contributed by atoms with van der Waals surface area (Å²) in [5.41, 5.74) is 0. The van der Waals surface area contributed by atoms with E-state index in [-0.39, 0.29) is 5.91 Å². The highest BCUT2D eigenvalue weighted by atomic mass is 79.9. The lowest BCUT2D eigenvalue weighted by molar-refractivity contribution is -0.141. The first-order chi connectivity index (χ1) is 8.52. The van der Waals surface area contributed by atoms with Crippen LogP contribution >= 0.6 is 27.3 Å². The molecule has 6 heteroatoms. The van der Waals surface area contributed by atoms with Crippen molar-refractivity contribution in [2.75, 3.05) is 0 Å². The summed E-state index contributed by atoms with van der Waals surface area (Å²) in [6, 6.07) is 3.24.